The SMILES string of the molecule is CC#CCn1c(N(C)CC(C)(C)N)nc2c1c(=O)n(Cc1ccc3cccnc3n1)c(=O)n2C. The molecule has 0 atom stereocenters. The number of aryl methyl sites for hydroxylation is 1. The number of nitrogens with two attached hydrogens (primary N) is 1. The number of fused-ring (bicyclic) bond motifs is 2. The standard InChI is InChI=1S/C24H28N8O2/c1-6-7-13-31-18-20(28-22(31)29(4)15-24(2,3)25)30(5)23(34)32(21(18)33)14-17-11-10-16-9-8-12-26-19(16)27-17/h8-12H,13-15,25H2,1-5H3. The molecule has 4 heterocycles. The average Bonchev–Trinajstić information content (AvgIpc) is 3.18. The van der Waals surface area contributed by atoms with Gasteiger partial charge in [-0.15, -0.1) is 5.92 Å². The molecule has 0 bridgehead atoms. The number of aromatic nitrogens is 6. The van der Waals surface area contributed by atoms with E-state index in [4.69, 9.17) is 5.73 Å². The molecule has 0 aliphatic carbocycles. The number of imidazole rings is 1. The Morgan fingerprint density at radius 1 is 1.15 bits per heavy atom. The molecule has 2 N–H and O–H groups in total. The molecule has 0 aliphatic rings. The van der Waals surface area contributed by atoms with E-state index in [1.807, 2.05) is 44.0 Å². The van der Waals surface area contributed by atoms with Crippen LogP contribution in [0.15, 0.2) is 40.1 Å². The van der Waals surface area contributed by atoms with Crippen molar-refractivity contribution in [1.82, 2.24) is 28.7 Å². The zero-order valence-electron chi connectivity index (χ0n) is 20.0. The maximum atomic E-state index is 13.6. The number of nitrogens with zero attached hydrogens (tertiary/aromatic N) is 7. The highest BCUT2D eigenvalue weighted by atomic mass is 16.2. The van der Waals surface area contributed by atoms with E-state index in [9.17, 15) is 9.59 Å². The maximum Gasteiger partial charge on any atom is 0.332 e. The minimum absolute atomic E-state index is 0.0135. The molecule has 0 aromatic carbocycles. The van der Waals surface area contributed by atoms with Crippen LogP contribution in [0.25, 0.3) is 22.2 Å². The monoisotopic (exact) mass is 460 g/mol. The minimum atomic E-state index is -0.490. The van der Waals surface area contributed by atoms with Crippen molar-refractivity contribution in [1.29, 1.82) is 0 Å². The van der Waals surface area contributed by atoms with Crippen molar-refractivity contribution < 1.29 is 0 Å². The Hall–Kier alpha value is -3.97. The van der Waals surface area contributed by atoms with E-state index in [1.54, 1.807) is 30.8 Å². The van der Waals surface area contributed by atoms with E-state index in [-0.39, 0.29) is 13.1 Å². The van der Waals surface area contributed by atoms with E-state index < -0.39 is 16.8 Å². The lowest BCUT2D eigenvalue weighted by molar-refractivity contribution is 0.512. The predicted octanol–water partition coefficient (Wildman–Crippen LogP) is 1.08. The Morgan fingerprint density at radius 3 is 2.62 bits per heavy atom. The summed E-state index contributed by atoms with van der Waals surface area (Å²) in [6.45, 7) is 6.32. The third kappa shape index (κ3) is 4.30. The van der Waals surface area contributed by atoms with Gasteiger partial charge in [0, 0.05) is 37.8 Å². The molecular formula is C24H28N8O2. The summed E-state index contributed by atoms with van der Waals surface area (Å²) < 4.78 is 4.30. The summed E-state index contributed by atoms with van der Waals surface area (Å²) in [4.78, 5) is 42.1. The largest absolute Gasteiger partial charge is 0.343 e. The molecule has 10 nitrogen and oxygen atoms in total. The van der Waals surface area contributed by atoms with Crippen molar-refractivity contribution >= 4 is 28.1 Å². The van der Waals surface area contributed by atoms with Gasteiger partial charge in [0.1, 0.15) is 0 Å². The van der Waals surface area contributed by atoms with Gasteiger partial charge in [0.2, 0.25) is 5.95 Å². The second kappa shape index (κ2) is 8.76. The highest BCUT2D eigenvalue weighted by Crippen LogP contribution is 2.20. The molecule has 0 radical (unpaired) electrons. The van der Waals surface area contributed by atoms with Gasteiger partial charge in [0.25, 0.3) is 5.56 Å². The molecule has 176 valence electrons. The molecule has 0 saturated carbocycles. The van der Waals surface area contributed by atoms with Crippen molar-refractivity contribution in [2.75, 3.05) is 18.5 Å². The fourth-order valence-electron chi connectivity index (χ4n) is 4.02. The van der Waals surface area contributed by atoms with Gasteiger partial charge in [-0.2, -0.15) is 4.98 Å². The first-order chi connectivity index (χ1) is 16.1. The van der Waals surface area contributed by atoms with Gasteiger partial charge in [0.05, 0.1) is 18.8 Å². The quantitative estimate of drug-likeness (QED) is 0.428. The number of rotatable bonds is 6. The molecule has 4 aromatic heterocycles. The lowest BCUT2D eigenvalue weighted by Crippen LogP contribution is -2.44. The van der Waals surface area contributed by atoms with Crippen molar-refractivity contribution in [3.63, 3.8) is 0 Å². The summed E-state index contributed by atoms with van der Waals surface area (Å²) in [6, 6.07) is 7.41. The van der Waals surface area contributed by atoms with Gasteiger partial charge in [-0.05, 0) is 45.0 Å². The van der Waals surface area contributed by atoms with Crippen molar-refractivity contribution in [3.05, 3.63) is 57.0 Å². The first-order valence-electron chi connectivity index (χ1n) is 10.9. The van der Waals surface area contributed by atoms with E-state index in [0.717, 1.165) is 5.39 Å². The molecule has 34 heavy (non-hydrogen) atoms. The Kier molecular flexibility index (Phi) is 5.98. The molecular weight excluding hydrogens is 432 g/mol. The van der Waals surface area contributed by atoms with Crippen LogP contribution in [-0.4, -0.2) is 47.8 Å². The Morgan fingerprint density at radius 2 is 1.91 bits per heavy atom. The molecule has 4 rings (SSSR count). The number of pyridine rings is 2. The van der Waals surface area contributed by atoms with Crippen molar-refractivity contribution in [2.45, 2.75) is 39.4 Å². The van der Waals surface area contributed by atoms with Crippen LogP contribution in [0, 0.1) is 11.8 Å². The van der Waals surface area contributed by atoms with Crippen LogP contribution in [0.4, 0.5) is 5.95 Å². The molecule has 0 fully saturated rings. The van der Waals surface area contributed by atoms with Gasteiger partial charge in [-0.3, -0.25) is 18.5 Å². The van der Waals surface area contributed by atoms with Crippen LogP contribution in [0.5, 0.6) is 0 Å². The predicted molar refractivity (Wildman–Crippen MR) is 133 cm³/mol. The maximum absolute atomic E-state index is 13.6. The van der Waals surface area contributed by atoms with Crippen LogP contribution >= 0.6 is 0 Å². The summed E-state index contributed by atoms with van der Waals surface area (Å²) in [6.07, 6.45) is 1.66. The summed E-state index contributed by atoms with van der Waals surface area (Å²) in [5.41, 5.74) is 6.53. The van der Waals surface area contributed by atoms with Crippen LogP contribution in [0.2, 0.25) is 0 Å². The Labute approximate surface area is 196 Å². The zero-order chi connectivity index (χ0) is 24.6. The molecule has 0 spiro atoms. The van der Waals surface area contributed by atoms with Gasteiger partial charge < -0.3 is 10.6 Å². The molecule has 0 unspecified atom stereocenters. The van der Waals surface area contributed by atoms with Gasteiger partial charge >= 0.3 is 5.69 Å². The van der Waals surface area contributed by atoms with Gasteiger partial charge in [-0.25, -0.2) is 14.8 Å². The molecule has 0 amide bonds. The topological polar surface area (TPSA) is 117 Å². The lowest BCUT2D eigenvalue weighted by Gasteiger charge is -2.27. The van der Waals surface area contributed by atoms with Crippen LogP contribution < -0.4 is 21.9 Å². The van der Waals surface area contributed by atoms with Crippen LogP contribution in [0.1, 0.15) is 26.5 Å². The smallest absolute Gasteiger partial charge is 0.332 e. The lowest BCUT2D eigenvalue weighted by atomic mass is 10.1. The number of hydrogen-bond acceptors (Lipinski definition) is 7. The highest BCUT2D eigenvalue weighted by molar-refractivity contribution is 5.75. The Balaban J connectivity index is 1.90. The summed E-state index contributed by atoms with van der Waals surface area (Å²) in [7, 11) is 3.46. The Bertz CT molecular complexity index is 1560. The van der Waals surface area contributed by atoms with E-state index in [1.165, 1.54) is 9.13 Å². The van der Waals surface area contributed by atoms with E-state index >= 15 is 0 Å². The van der Waals surface area contributed by atoms with Gasteiger partial charge in [0.15, 0.2) is 16.8 Å². The average molecular weight is 461 g/mol. The zero-order valence-corrected chi connectivity index (χ0v) is 20.0. The highest BCUT2D eigenvalue weighted by Gasteiger charge is 2.24. The second-order valence-corrected chi connectivity index (χ2v) is 9.03. The number of likely N-dealkylation sites (N-methyl/N-ethyl adjacent to an activating group) is 1. The third-order valence-electron chi connectivity index (χ3n) is 5.45. The first-order valence-corrected chi connectivity index (χ1v) is 10.9. The molecule has 10 heteroatoms. The first kappa shape index (κ1) is 23.2. The molecule has 0 saturated heterocycles. The number of hydrogen-bond donors (Lipinski definition) is 1. The fraction of sp³-hybridized carbons (Fsp3) is 0.375. The van der Waals surface area contributed by atoms with Crippen LogP contribution in [0.3, 0.4) is 0 Å². The third-order valence-corrected chi connectivity index (χ3v) is 5.45. The molecule has 4 aromatic rings. The van der Waals surface area contributed by atoms with Crippen molar-refractivity contribution in [3.8, 4) is 11.8 Å². The summed E-state index contributed by atoms with van der Waals surface area (Å²) >= 11 is 0. The van der Waals surface area contributed by atoms with E-state index in [0.29, 0.717) is 35.0 Å². The summed E-state index contributed by atoms with van der Waals surface area (Å²) in [5, 5.41) is 0.883. The normalized spacial score (nSPS) is 11.6. The van der Waals surface area contributed by atoms with Crippen molar-refractivity contribution in [2.24, 2.45) is 12.8 Å². The second-order valence-electron chi connectivity index (χ2n) is 9.03. The fourth-order valence-corrected chi connectivity index (χ4v) is 4.02. The summed E-state index contributed by atoms with van der Waals surface area (Å²) in [5.74, 6) is 6.40. The molecule has 0 aliphatic heterocycles. The van der Waals surface area contributed by atoms with Gasteiger partial charge in [-0.1, -0.05) is 5.92 Å². The van der Waals surface area contributed by atoms with E-state index in [2.05, 4.69) is 26.8 Å². The number of anilines is 1. The minimum Gasteiger partial charge on any atom is -0.343 e. The van der Waals surface area contributed by atoms with Crippen LogP contribution in [-0.2, 0) is 20.1 Å².